The van der Waals surface area contributed by atoms with E-state index in [0.717, 1.165) is 6.42 Å². The van der Waals surface area contributed by atoms with Gasteiger partial charge in [-0.2, -0.15) is 5.10 Å². The Morgan fingerprint density at radius 2 is 2.06 bits per heavy atom. The molecule has 1 saturated heterocycles. The first kappa shape index (κ1) is 20.6. The number of carbonyl (C=O) groups excluding carboxylic acids is 1. The third-order valence-corrected chi connectivity index (χ3v) is 5.57. The summed E-state index contributed by atoms with van der Waals surface area (Å²) in [4.78, 5) is 26.6. The maximum absolute atomic E-state index is 13.9. The van der Waals surface area contributed by atoms with Crippen LogP contribution in [0, 0.1) is 5.82 Å². The summed E-state index contributed by atoms with van der Waals surface area (Å²) in [6.45, 7) is 4.66. The van der Waals surface area contributed by atoms with Gasteiger partial charge in [-0.3, -0.25) is 4.79 Å². The number of benzene rings is 1. The fraction of sp³-hybridized carbons (Fsp3) is 0.174. The zero-order chi connectivity index (χ0) is 22.9. The van der Waals surface area contributed by atoms with Gasteiger partial charge in [0.05, 0.1) is 11.4 Å². The lowest BCUT2D eigenvalue weighted by Gasteiger charge is -2.14. The molecule has 1 aliphatic heterocycles. The first-order valence-corrected chi connectivity index (χ1v) is 10.3. The maximum atomic E-state index is 13.9. The van der Waals surface area contributed by atoms with Crippen molar-refractivity contribution in [3.8, 4) is 22.9 Å². The minimum atomic E-state index is -0.474. The Kier molecular flexibility index (Phi) is 5.17. The van der Waals surface area contributed by atoms with Gasteiger partial charge in [0.25, 0.3) is 0 Å². The van der Waals surface area contributed by atoms with Crippen LogP contribution in [-0.2, 0) is 4.79 Å². The number of nitrogen functional groups attached to an aromatic ring is 1. The molecule has 0 aliphatic carbocycles. The van der Waals surface area contributed by atoms with Crippen molar-refractivity contribution in [2.75, 3.05) is 18.8 Å². The minimum absolute atomic E-state index is 0.0592. The van der Waals surface area contributed by atoms with Gasteiger partial charge < -0.3 is 15.4 Å². The molecule has 2 N–H and O–H groups in total. The Morgan fingerprint density at radius 1 is 1.21 bits per heavy atom. The summed E-state index contributed by atoms with van der Waals surface area (Å²) in [5.74, 6) is 0.0395. The molecule has 4 aromatic rings. The molecular formula is C23H20FN7O2. The Labute approximate surface area is 188 Å². The van der Waals surface area contributed by atoms with Crippen molar-refractivity contribution in [2.24, 2.45) is 0 Å². The second kappa shape index (κ2) is 8.30. The lowest BCUT2D eigenvalue weighted by atomic mass is 10.1. The predicted octanol–water partition coefficient (Wildman–Crippen LogP) is 3.36. The van der Waals surface area contributed by atoms with Crippen LogP contribution >= 0.6 is 0 Å². The fourth-order valence-corrected chi connectivity index (χ4v) is 3.94. The quantitative estimate of drug-likeness (QED) is 0.469. The van der Waals surface area contributed by atoms with E-state index in [9.17, 15) is 9.18 Å². The molecule has 10 heteroatoms. The van der Waals surface area contributed by atoms with E-state index < -0.39 is 5.82 Å². The highest BCUT2D eigenvalue weighted by Gasteiger charge is 2.30. The summed E-state index contributed by atoms with van der Waals surface area (Å²) in [5.41, 5.74) is 8.02. The molecule has 9 nitrogen and oxygen atoms in total. The van der Waals surface area contributed by atoms with Crippen molar-refractivity contribution in [1.29, 1.82) is 0 Å². The Hall–Kier alpha value is -4.34. The van der Waals surface area contributed by atoms with Gasteiger partial charge in [-0.1, -0.05) is 18.7 Å². The van der Waals surface area contributed by atoms with E-state index in [2.05, 4.69) is 21.5 Å². The van der Waals surface area contributed by atoms with Crippen LogP contribution < -0.4 is 10.5 Å². The number of hydrogen-bond acceptors (Lipinski definition) is 7. The van der Waals surface area contributed by atoms with Gasteiger partial charge in [0.15, 0.2) is 17.2 Å². The van der Waals surface area contributed by atoms with Gasteiger partial charge in [0.1, 0.15) is 17.8 Å². The number of likely N-dealkylation sites (tertiary alicyclic amines) is 1. The Morgan fingerprint density at radius 3 is 2.82 bits per heavy atom. The molecule has 3 aromatic heterocycles. The highest BCUT2D eigenvalue weighted by Crippen LogP contribution is 2.34. The molecule has 4 heterocycles. The molecule has 1 fully saturated rings. The van der Waals surface area contributed by atoms with Crippen LogP contribution in [0.25, 0.3) is 22.3 Å². The van der Waals surface area contributed by atoms with Gasteiger partial charge in [-0.05, 0) is 30.7 Å². The number of carbonyl (C=O) groups is 1. The van der Waals surface area contributed by atoms with Gasteiger partial charge in [0, 0.05) is 30.9 Å². The molecule has 1 atom stereocenters. The van der Waals surface area contributed by atoms with Crippen molar-refractivity contribution in [3.63, 3.8) is 0 Å². The number of para-hydroxylation sites is 1. The number of amides is 1. The molecule has 0 radical (unpaired) electrons. The van der Waals surface area contributed by atoms with E-state index in [1.165, 1.54) is 24.5 Å². The molecule has 166 valence electrons. The molecule has 0 saturated carbocycles. The number of hydrogen-bond donors (Lipinski definition) is 1. The van der Waals surface area contributed by atoms with Crippen LogP contribution in [-0.4, -0.2) is 48.6 Å². The van der Waals surface area contributed by atoms with Crippen molar-refractivity contribution in [2.45, 2.75) is 12.5 Å². The summed E-state index contributed by atoms with van der Waals surface area (Å²) in [5, 5.41) is 5.39. The van der Waals surface area contributed by atoms with Crippen LogP contribution in [0.2, 0.25) is 0 Å². The standard InChI is InChI=1S/C23H20FN7O2/c1-2-19(32)30-10-9-15(12-30)31-23-20(22(25)27-13-28-23)21(29-31)14-7-8-18(26-11-14)33-17-6-4-3-5-16(17)24/h2-8,11,13,15H,1,9-10,12H2,(H2,25,27,28). The Bertz CT molecular complexity index is 1350. The number of aromatic nitrogens is 5. The van der Waals surface area contributed by atoms with Crippen LogP contribution in [0.15, 0.2) is 61.6 Å². The average molecular weight is 445 g/mol. The minimum Gasteiger partial charge on any atom is -0.436 e. The molecule has 1 aromatic carbocycles. The molecule has 1 aliphatic rings. The van der Waals surface area contributed by atoms with E-state index in [1.807, 2.05) is 0 Å². The van der Waals surface area contributed by atoms with Crippen molar-refractivity contribution in [3.05, 3.63) is 67.4 Å². The van der Waals surface area contributed by atoms with Gasteiger partial charge >= 0.3 is 0 Å². The second-order valence-corrected chi connectivity index (χ2v) is 7.60. The van der Waals surface area contributed by atoms with E-state index in [0.29, 0.717) is 41.2 Å². The molecule has 5 rings (SSSR count). The molecular weight excluding hydrogens is 425 g/mol. The predicted molar refractivity (Wildman–Crippen MR) is 120 cm³/mol. The number of pyridine rings is 1. The van der Waals surface area contributed by atoms with E-state index in [1.54, 1.807) is 40.0 Å². The first-order chi connectivity index (χ1) is 16.0. The van der Waals surface area contributed by atoms with Crippen molar-refractivity contribution in [1.82, 2.24) is 29.6 Å². The molecule has 0 spiro atoms. The number of anilines is 1. The number of halogens is 1. The fourth-order valence-electron chi connectivity index (χ4n) is 3.94. The number of nitrogens with two attached hydrogens (primary N) is 1. The van der Waals surface area contributed by atoms with Gasteiger partial charge in [-0.25, -0.2) is 24.0 Å². The lowest BCUT2D eigenvalue weighted by Crippen LogP contribution is -2.27. The van der Waals surface area contributed by atoms with Crippen LogP contribution in [0.1, 0.15) is 12.5 Å². The highest BCUT2D eigenvalue weighted by atomic mass is 19.1. The molecule has 0 bridgehead atoms. The number of ether oxygens (including phenoxy) is 1. The highest BCUT2D eigenvalue weighted by molar-refractivity contribution is 5.98. The normalized spacial score (nSPS) is 15.7. The summed E-state index contributed by atoms with van der Waals surface area (Å²) in [6, 6.07) is 9.45. The van der Waals surface area contributed by atoms with Crippen molar-refractivity contribution < 1.29 is 13.9 Å². The monoisotopic (exact) mass is 445 g/mol. The lowest BCUT2D eigenvalue weighted by molar-refractivity contribution is -0.125. The van der Waals surface area contributed by atoms with E-state index in [-0.39, 0.29) is 23.6 Å². The molecule has 1 unspecified atom stereocenters. The molecule has 33 heavy (non-hydrogen) atoms. The first-order valence-electron chi connectivity index (χ1n) is 10.3. The topological polar surface area (TPSA) is 112 Å². The second-order valence-electron chi connectivity index (χ2n) is 7.60. The SMILES string of the molecule is C=CC(=O)N1CCC(n2nc(-c3ccc(Oc4ccccc4F)nc3)c3c(N)ncnc32)C1. The smallest absolute Gasteiger partial charge is 0.246 e. The summed E-state index contributed by atoms with van der Waals surface area (Å²) >= 11 is 0. The zero-order valence-electron chi connectivity index (χ0n) is 17.6. The average Bonchev–Trinajstić information content (AvgIpc) is 3.47. The van der Waals surface area contributed by atoms with Crippen LogP contribution in [0.4, 0.5) is 10.2 Å². The third-order valence-electron chi connectivity index (χ3n) is 5.57. The van der Waals surface area contributed by atoms with Crippen molar-refractivity contribution >= 4 is 22.8 Å². The van der Waals surface area contributed by atoms with Crippen LogP contribution in [0.5, 0.6) is 11.6 Å². The zero-order valence-corrected chi connectivity index (χ0v) is 17.6. The number of nitrogens with zero attached hydrogens (tertiary/aromatic N) is 6. The summed E-state index contributed by atoms with van der Waals surface area (Å²) < 4.78 is 21.2. The Balaban J connectivity index is 1.49. The molecule has 1 amide bonds. The third kappa shape index (κ3) is 3.75. The number of fused-ring (bicyclic) bond motifs is 1. The summed E-state index contributed by atoms with van der Waals surface area (Å²) in [7, 11) is 0. The van der Waals surface area contributed by atoms with E-state index >= 15 is 0 Å². The number of rotatable bonds is 5. The van der Waals surface area contributed by atoms with E-state index in [4.69, 9.17) is 15.6 Å². The largest absolute Gasteiger partial charge is 0.436 e. The van der Waals surface area contributed by atoms with Gasteiger partial charge in [-0.15, -0.1) is 0 Å². The summed E-state index contributed by atoms with van der Waals surface area (Å²) in [6.07, 6.45) is 5.01. The van der Waals surface area contributed by atoms with Gasteiger partial charge in [0.2, 0.25) is 11.8 Å². The maximum Gasteiger partial charge on any atom is 0.246 e. The van der Waals surface area contributed by atoms with Crippen LogP contribution in [0.3, 0.4) is 0 Å².